The third-order valence-corrected chi connectivity index (χ3v) is 4.37. The molecule has 0 radical (unpaired) electrons. The molecule has 9 nitrogen and oxygen atoms in total. The van der Waals surface area contributed by atoms with E-state index in [4.69, 9.17) is 0 Å². The van der Waals surface area contributed by atoms with Crippen LogP contribution in [0.2, 0.25) is 0 Å². The Hall–Kier alpha value is -4.27. The predicted molar refractivity (Wildman–Crippen MR) is 104 cm³/mol. The molecule has 138 valence electrons. The Morgan fingerprint density at radius 3 is 2.25 bits per heavy atom. The number of fused-ring (bicyclic) bond motifs is 2. The molecule has 0 atom stereocenters. The molecule has 28 heavy (non-hydrogen) atoms. The largest absolute Gasteiger partial charge is 0.506 e. The standard InChI is InChI=1S/C19H12N4O5/c24-17-9-12-5-2-1-4-11(12)8-14(17)21-19-16(23(27)28)10-15(22(25)26)13-6-3-7-20-18(13)19/h1-10,21,24H. The molecule has 4 aromatic rings. The minimum Gasteiger partial charge on any atom is -0.506 e. The third kappa shape index (κ3) is 2.80. The Bertz CT molecular complexity index is 1270. The van der Waals surface area contributed by atoms with E-state index in [0.29, 0.717) is 0 Å². The first-order valence-electron chi connectivity index (χ1n) is 8.15. The van der Waals surface area contributed by atoms with Crippen molar-refractivity contribution in [2.75, 3.05) is 5.32 Å². The van der Waals surface area contributed by atoms with Crippen LogP contribution in [0.5, 0.6) is 5.75 Å². The molecule has 3 aromatic carbocycles. The van der Waals surface area contributed by atoms with Crippen LogP contribution in [0.25, 0.3) is 21.7 Å². The van der Waals surface area contributed by atoms with Crippen molar-refractivity contribution in [1.82, 2.24) is 4.98 Å². The summed E-state index contributed by atoms with van der Waals surface area (Å²) in [5.74, 6) is -0.115. The van der Waals surface area contributed by atoms with Crippen molar-refractivity contribution < 1.29 is 15.0 Å². The van der Waals surface area contributed by atoms with E-state index in [1.807, 2.05) is 24.3 Å². The number of aromatic nitrogens is 1. The number of anilines is 2. The second-order valence-corrected chi connectivity index (χ2v) is 6.05. The maximum absolute atomic E-state index is 11.6. The summed E-state index contributed by atoms with van der Waals surface area (Å²) in [6.45, 7) is 0. The van der Waals surface area contributed by atoms with Crippen LogP contribution in [0.4, 0.5) is 22.7 Å². The van der Waals surface area contributed by atoms with Crippen molar-refractivity contribution in [2.45, 2.75) is 0 Å². The molecule has 1 aromatic heterocycles. The van der Waals surface area contributed by atoms with Gasteiger partial charge in [0.1, 0.15) is 17.0 Å². The van der Waals surface area contributed by atoms with E-state index in [1.54, 1.807) is 6.07 Å². The maximum atomic E-state index is 11.6. The van der Waals surface area contributed by atoms with Crippen molar-refractivity contribution in [1.29, 1.82) is 0 Å². The topological polar surface area (TPSA) is 131 Å². The second kappa shape index (κ2) is 6.47. The highest BCUT2D eigenvalue weighted by Gasteiger charge is 2.27. The maximum Gasteiger partial charge on any atom is 0.301 e. The SMILES string of the molecule is O=[N+]([O-])c1cc([N+](=O)[O-])c2cccnc2c1Nc1cc2ccccc2cc1O. The molecular weight excluding hydrogens is 364 g/mol. The highest BCUT2D eigenvalue weighted by molar-refractivity contribution is 6.03. The van der Waals surface area contributed by atoms with Gasteiger partial charge in [0.2, 0.25) is 0 Å². The number of phenols is 1. The number of nitrogens with zero attached hydrogens (tertiary/aromatic N) is 3. The van der Waals surface area contributed by atoms with Crippen LogP contribution < -0.4 is 5.32 Å². The molecule has 1 heterocycles. The van der Waals surface area contributed by atoms with Gasteiger partial charge in [0.25, 0.3) is 5.69 Å². The molecule has 0 aliphatic rings. The van der Waals surface area contributed by atoms with Gasteiger partial charge in [-0.05, 0) is 35.0 Å². The molecule has 0 aliphatic heterocycles. The first-order valence-corrected chi connectivity index (χ1v) is 8.15. The fourth-order valence-corrected chi connectivity index (χ4v) is 3.09. The highest BCUT2D eigenvalue weighted by Crippen LogP contribution is 2.41. The second-order valence-electron chi connectivity index (χ2n) is 6.05. The summed E-state index contributed by atoms with van der Waals surface area (Å²) in [4.78, 5) is 25.6. The summed E-state index contributed by atoms with van der Waals surface area (Å²) in [7, 11) is 0. The van der Waals surface area contributed by atoms with Gasteiger partial charge in [0.15, 0.2) is 0 Å². The molecule has 0 unspecified atom stereocenters. The molecule has 0 spiro atoms. The van der Waals surface area contributed by atoms with Gasteiger partial charge in [0.05, 0.1) is 27.0 Å². The van der Waals surface area contributed by atoms with Gasteiger partial charge in [-0.1, -0.05) is 24.3 Å². The number of hydrogen-bond acceptors (Lipinski definition) is 7. The summed E-state index contributed by atoms with van der Waals surface area (Å²) >= 11 is 0. The van der Waals surface area contributed by atoms with Crippen LogP contribution in [0.15, 0.2) is 60.8 Å². The Kier molecular flexibility index (Phi) is 3.96. The molecular formula is C19H12N4O5. The molecule has 0 saturated heterocycles. The smallest absolute Gasteiger partial charge is 0.301 e. The lowest BCUT2D eigenvalue weighted by Crippen LogP contribution is -2.02. The normalized spacial score (nSPS) is 10.9. The quantitative estimate of drug-likeness (QED) is 0.301. The molecule has 2 N–H and O–H groups in total. The summed E-state index contributed by atoms with van der Waals surface area (Å²) in [5, 5.41) is 37.9. The predicted octanol–water partition coefficient (Wildman–Crippen LogP) is 4.65. The van der Waals surface area contributed by atoms with Gasteiger partial charge < -0.3 is 10.4 Å². The first-order chi connectivity index (χ1) is 13.5. The number of aromatic hydroxyl groups is 1. The van der Waals surface area contributed by atoms with Crippen LogP contribution in [-0.4, -0.2) is 19.9 Å². The van der Waals surface area contributed by atoms with Gasteiger partial charge in [-0.3, -0.25) is 25.2 Å². The van der Waals surface area contributed by atoms with Gasteiger partial charge in [-0.25, -0.2) is 0 Å². The molecule has 9 heteroatoms. The molecule has 0 bridgehead atoms. The van der Waals surface area contributed by atoms with Gasteiger partial charge in [-0.2, -0.15) is 0 Å². The van der Waals surface area contributed by atoms with E-state index in [-0.39, 0.29) is 28.0 Å². The molecule has 4 rings (SSSR count). The average molecular weight is 376 g/mol. The van der Waals surface area contributed by atoms with Crippen molar-refractivity contribution in [3.63, 3.8) is 0 Å². The Morgan fingerprint density at radius 2 is 1.57 bits per heavy atom. The number of benzene rings is 3. The van der Waals surface area contributed by atoms with E-state index in [1.165, 1.54) is 24.4 Å². The average Bonchev–Trinajstić information content (AvgIpc) is 2.68. The summed E-state index contributed by atoms with van der Waals surface area (Å²) < 4.78 is 0. The van der Waals surface area contributed by atoms with E-state index in [0.717, 1.165) is 16.8 Å². The van der Waals surface area contributed by atoms with Crippen LogP contribution in [0.3, 0.4) is 0 Å². The zero-order chi connectivity index (χ0) is 19.8. The lowest BCUT2D eigenvalue weighted by molar-refractivity contribution is -0.392. The third-order valence-electron chi connectivity index (χ3n) is 4.37. The van der Waals surface area contributed by atoms with Crippen LogP contribution in [0, 0.1) is 20.2 Å². The lowest BCUT2D eigenvalue weighted by Gasteiger charge is -2.12. The van der Waals surface area contributed by atoms with Crippen molar-refractivity contribution >= 4 is 44.4 Å². The van der Waals surface area contributed by atoms with E-state index in [2.05, 4.69) is 10.3 Å². The molecule has 0 aliphatic carbocycles. The highest BCUT2D eigenvalue weighted by atomic mass is 16.6. The minimum absolute atomic E-state index is 0.0308. The summed E-state index contributed by atoms with van der Waals surface area (Å²) in [6.07, 6.45) is 1.39. The van der Waals surface area contributed by atoms with Crippen molar-refractivity contribution in [2.24, 2.45) is 0 Å². The van der Waals surface area contributed by atoms with Gasteiger partial charge in [-0.15, -0.1) is 0 Å². The zero-order valence-electron chi connectivity index (χ0n) is 14.2. The summed E-state index contributed by atoms with van der Waals surface area (Å²) in [5.41, 5.74) is -0.663. The van der Waals surface area contributed by atoms with Crippen LogP contribution in [-0.2, 0) is 0 Å². The van der Waals surface area contributed by atoms with E-state index in [9.17, 15) is 25.3 Å². The number of nitro groups is 2. The Labute approximate surface area is 157 Å². The summed E-state index contributed by atoms with van der Waals surface area (Å²) in [6, 6.07) is 14.4. The zero-order valence-corrected chi connectivity index (χ0v) is 14.2. The fourth-order valence-electron chi connectivity index (χ4n) is 3.09. The van der Waals surface area contributed by atoms with Crippen LogP contribution in [0.1, 0.15) is 0 Å². The number of phenolic OH excluding ortho intramolecular Hbond substituents is 1. The molecule has 0 amide bonds. The number of hydrogen-bond donors (Lipinski definition) is 2. The number of rotatable bonds is 4. The van der Waals surface area contributed by atoms with Gasteiger partial charge >= 0.3 is 5.69 Å². The lowest BCUT2D eigenvalue weighted by atomic mass is 10.1. The number of nitro benzene ring substituents is 2. The van der Waals surface area contributed by atoms with Gasteiger partial charge in [0, 0.05) is 6.20 Å². The Balaban J connectivity index is 1.97. The van der Waals surface area contributed by atoms with Crippen LogP contribution >= 0.6 is 0 Å². The molecule has 0 fully saturated rings. The van der Waals surface area contributed by atoms with E-state index >= 15 is 0 Å². The van der Waals surface area contributed by atoms with E-state index < -0.39 is 21.2 Å². The Morgan fingerprint density at radius 1 is 0.893 bits per heavy atom. The van der Waals surface area contributed by atoms with Crippen molar-refractivity contribution in [3.05, 3.63) is 81.0 Å². The monoisotopic (exact) mass is 376 g/mol. The van der Waals surface area contributed by atoms with Crippen molar-refractivity contribution in [3.8, 4) is 5.75 Å². The minimum atomic E-state index is -0.721. The fraction of sp³-hybridized carbons (Fsp3) is 0. The number of pyridine rings is 1. The number of non-ortho nitro benzene ring substituents is 1. The first kappa shape index (κ1) is 17.2. The number of nitrogens with one attached hydrogen (secondary N) is 1. The molecule has 0 saturated carbocycles.